The van der Waals surface area contributed by atoms with E-state index in [1.165, 1.54) is 4.90 Å². The number of rotatable bonds is 7. The molecule has 0 aliphatic carbocycles. The van der Waals surface area contributed by atoms with Crippen LogP contribution in [0.4, 0.5) is 4.79 Å². The highest BCUT2D eigenvalue weighted by atomic mass is 35.5. The Morgan fingerprint density at radius 3 is 2.44 bits per heavy atom. The second-order valence-corrected chi connectivity index (χ2v) is 6.79. The summed E-state index contributed by atoms with van der Waals surface area (Å²) in [5.41, 5.74) is 1.81. The zero-order valence-electron chi connectivity index (χ0n) is 14.7. The number of nitrogens with zero attached hydrogens (tertiary/aromatic N) is 1. The number of imide groups is 1. The molecule has 2 aromatic carbocycles. The van der Waals surface area contributed by atoms with Gasteiger partial charge in [-0.25, -0.2) is 4.79 Å². The number of carbonyl (C=O) groups is 3. The van der Waals surface area contributed by atoms with E-state index in [0.29, 0.717) is 11.6 Å². The first-order valence-electron chi connectivity index (χ1n) is 8.70. The number of benzene rings is 2. The van der Waals surface area contributed by atoms with Gasteiger partial charge in [-0.05, 0) is 29.7 Å². The van der Waals surface area contributed by atoms with Crippen molar-refractivity contribution in [2.45, 2.75) is 32.0 Å². The Hall–Kier alpha value is -2.86. The fourth-order valence-electron chi connectivity index (χ4n) is 2.85. The molecule has 4 amide bonds. The summed E-state index contributed by atoms with van der Waals surface area (Å²) in [6, 6.07) is 15.4. The summed E-state index contributed by atoms with van der Waals surface area (Å²) in [6.07, 6.45) is 0.422. The minimum absolute atomic E-state index is 0.156. The molecular weight excluding hydrogens is 366 g/mol. The van der Waals surface area contributed by atoms with Gasteiger partial charge in [0.1, 0.15) is 6.04 Å². The van der Waals surface area contributed by atoms with Crippen molar-refractivity contribution in [1.29, 1.82) is 0 Å². The van der Waals surface area contributed by atoms with Crippen LogP contribution in [0.25, 0.3) is 0 Å². The van der Waals surface area contributed by atoms with E-state index in [9.17, 15) is 14.4 Å². The summed E-state index contributed by atoms with van der Waals surface area (Å²) in [4.78, 5) is 37.7. The van der Waals surface area contributed by atoms with Crippen LogP contribution >= 0.6 is 11.6 Å². The predicted octanol–water partition coefficient (Wildman–Crippen LogP) is 2.86. The van der Waals surface area contributed by atoms with Crippen molar-refractivity contribution in [3.05, 3.63) is 70.7 Å². The Kier molecular flexibility index (Phi) is 6.08. The lowest BCUT2D eigenvalue weighted by Gasteiger charge is -2.13. The number of hydrogen-bond donors (Lipinski definition) is 2. The molecule has 1 atom stereocenters. The van der Waals surface area contributed by atoms with E-state index in [0.717, 1.165) is 11.1 Å². The third-order valence-electron chi connectivity index (χ3n) is 4.35. The van der Waals surface area contributed by atoms with Crippen LogP contribution < -0.4 is 10.6 Å². The van der Waals surface area contributed by atoms with Crippen molar-refractivity contribution in [1.82, 2.24) is 15.5 Å². The lowest BCUT2D eigenvalue weighted by Crippen LogP contribution is -2.32. The monoisotopic (exact) mass is 385 g/mol. The molecule has 1 saturated heterocycles. The number of carbonyl (C=O) groups excluding carboxylic acids is 3. The van der Waals surface area contributed by atoms with Crippen LogP contribution in [0, 0.1) is 0 Å². The maximum Gasteiger partial charge on any atom is 0.325 e. The molecule has 0 bridgehead atoms. The quantitative estimate of drug-likeness (QED) is 0.719. The van der Waals surface area contributed by atoms with Gasteiger partial charge in [-0.3, -0.25) is 14.5 Å². The Morgan fingerprint density at radius 2 is 1.74 bits per heavy atom. The van der Waals surface area contributed by atoms with Crippen LogP contribution in [0.3, 0.4) is 0 Å². The van der Waals surface area contributed by atoms with E-state index in [4.69, 9.17) is 11.6 Å². The predicted molar refractivity (Wildman–Crippen MR) is 102 cm³/mol. The largest absolute Gasteiger partial charge is 0.352 e. The molecule has 7 heteroatoms. The normalized spacial score (nSPS) is 16.3. The molecule has 140 valence electrons. The Morgan fingerprint density at radius 1 is 1.04 bits per heavy atom. The molecule has 0 unspecified atom stereocenters. The fourth-order valence-corrected chi connectivity index (χ4v) is 2.98. The van der Waals surface area contributed by atoms with Crippen molar-refractivity contribution in [2.75, 3.05) is 0 Å². The van der Waals surface area contributed by atoms with Crippen LogP contribution in [0.1, 0.15) is 24.0 Å². The molecule has 0 radical (unpaired) electrons. The van der Waals surface area contributed by atoms with Crippen molar-refractivity contribution in [2.24, 2.45) is 0 Å². The maximum atomic E-state index is 12.4. The summed E-state index contributed by atoms with van der Waals surface area (Å²) in [5.74, 6) is -0.470. The van der Waals surface area contributed by atoms with Gasteiger partial charge in [0.2, 0.25) is 5.91 Å². The molecule has 1 aliphatic rings. The average Bonchev–Trinajstić information content (AvgIpc) is 2.94. The zero-order valence-corrected chi connectivity index (χ0v) is 15.4. The number of nitrogens with one attached hydrogen (secondary N) is 2. The van der Waals surface area contributed by atoms with Gasteiger partial charge in [0.25, 0.3) is 5.91 Å². The molecule has 1 aliphatic heterocycles. The average molecular weight is 386 g/mol. The minimum atomic E-state index is -0.664. The lowest BCUT2D eigenvalue weighted by atomic mass is 10.1. The molecule has 0 aromatic heterocycles. The maximum absolute atomic E-state index is 12.4. The van der Waals surface area contributed by atoms with Crippen LogP contribution in [0.15, 0.2) is 54.6 Å². The van der Waals surface area contributed by atoms with Gasteiger partial charge in [0, 0.05) is 18.0 Å². The zero-order chi connectivity index (χ0) is 19.2. The number of amides is 4. The molecule has 0 saturated carbocycles. The molecule has 2 aromatic rings. The SMILES string of the molecule is O=C(CC[C@@H]1NC(=O)N(Cc2ccccc2)C1=O)NCc1ccc(Cl)cc1. The van der Waals surface area contributed by atoms with Gasteiger partial charge in [-0.15, -0.1) is 0 Å². The summed E-state index contributed by atoms with van der Waals surface area (Å²) in [7, 11) is 0. The van der Waals surface area contributed by atoms with Crippen molar-refractivity contribution in [3.8, 4) is 0 Å². The van der Waals surface area contributed by atoms with Gasteiger partial charge in [-0.1, -0.05) is 54.1 Å². The number of halogens is 1. The number of urea groups is 1. The van der Waals surface area contributed by atoms with Crippen LogP contribution in [-0.2, 0) is 22.7 Å². The van der Waals surface area contributed by atoms with Gasteiger partial charge >= 0.3 is 6.03 Å². The second kappa shape index (κ2) is 8.68. The third kappa shape index (κ3) is 5.08. The van der Waals surface area contributed by atoms with Crippen molar-refractivity contribution >= 4 is 29.4 Å². The van der Waals surface area contributed by atoms with E-state index in [1.54, 1.807) is 12.1 Å². The smallest absolute Gasteiger partial charge is 0.325 e. The Bertz CT molecular complexity index is 824. The van der Waals surface area contributed by atoms with Crippen LogP contribution in [0.2, 0.25) is 5.02 Å². The molecule has 2 N–H and O–H groups in total. The highest BCUT2D eigenvalue weighted by Crippen LogP contribution is 2.15. The Balaban J connectivity index is 1.46. The van der Waals surface area contributed by atoms with Crippen molar-refractivity contribution < 1.29 is 14.4 Å². The van der Waals surface area contributed by atoms with E-state index in [2.05, 4.69) is 10.6 Å². The Labute approximate surface area is 162 Å². The second-order valence-electron chi connectivity index (χ2n) is 6.35. The molecule has 3 rings (SSSR count). The fraction of sp³-hybridized carbons (Fsp3) is 0.250. The first kappa shape index (κ1) is 18.9. The summed E-state index contributed by atoms with van der Waals surface area (Å²) in [6.45, 7) is 0.617. The molecule has 27 heavy (non-hydrogen) atoms. The molecular formula is C20H20ClN3O3. The highest BCUT2D eigenvalue weighted by molar-refractivity contribution is 6.30. The van der Waals surface area contributed by atoms with E-state index in [1.807, 2.05) is 42.5 Å². The van der Waals surface area contributed by atoms with Crippen molar-refractivity contribution in [3.63, 3.8) is 0 Å². The first-order valence-corrected chi connectivity index (χ1v) is 9.07. The number of hydrogen-bond acceptors (Lipinski definition) is 3. The van der Waals surface area contributed by atoms with Crippen LogP contribution in [0.5, 0.6) is 0 Å². The molecule has 1 fully saturated rings. The van der Waals surface area contributed by atoms with E-state index >= 15 is 0 Å². The molecule has 0 spiro atoms. The van der Waals surface area contributed by atoms with Gasteiger partial charge in [0.15, 0.2) is 0 Å². The summed E-state index contributed by atoms with van der Waals surface area (Å²) < 4.78 is 0. The molecule has 6 nitrogen and oxygen atoms in total. The van der Waals surface area contributed by atoms with E-state index < -0.39 is 12.1 Å². The van der Waals surface area contributed by atoms with Gasteiger partial charge in [-0.2, -0.15) is 0 Å². The molecule has 1 heterocycles. The standard InChI is InChI=1S/C20H20ClN3O3/c21-16-8-6-14(7-9-16)12-22-18(25)11-10-17-19(26)24(20(27)23-17)13-15-4-2-1-3-5-15/h1-9,17H,10-13H2,(H,22,25)(H,23,27)/t17-/m0/s1. The lowest BCUT2D eigenvalue weighted by molar-refractivity contribution is -0.128. The van der Waals surface area contributed by atoms with Gasteiger partial charge in [0.05, 0.1) is 6.54 Å². The van der Waals surface area contributed by atoms with Crippen LogP contribution in [-0.4, -0.2) is 28.8 Å². The first-order chi connectivity index (χ1) is 13.0. The van der Waals surface area contributed by atoms with E-state index in [-0.39, 0.29) is 31.2 Å². The summed E-state index contributed by atoms with van der Waals surface area (Å²) >= 11 is 5.83. The highest BCUT2D eigenvalue weighted by Gasteiger charge is 2.37. The minimum Gasteiger partial charge on any atom is -0.352 e. The van der Waals surface area contributed by atoms with Gasteiger partial charge < -0.3 is 10.6 Å². The summed E-state index contributed by atoms with van der Waals surface area (Å²) in [5, 5.41) is 6.09. The third-order valence-corrected chi connectivity index (χ3v) is 4.61. The topological polar surface area (TPSA) is 78.5 Å².